The van der Waals surface area contributed by atoms with E-state index in [2.05, 4.69) is 33.3 Å². The van der Waals surface area contributed by atoms with Crippen molar-refractivity contribution < 1.29 is 0 Å². The van der Waals surface area contributed by atoms with Crippen molar-refractivity contribution in [2.75, 3.05) is 11.9 Å². The van der Waals surface area contributed by atoms with Crippen molar-refractivity contribution in [3.8, 4) is 0 Å². The number of hydrogen-bond donors (Lipinski definition) is 2. The Kier molecular flexibility index (Phi) is 4.38. The number of aryl methyl sites for hydroxylation is 1. The van der Waals surface area contributed by atoms with Gasteiger partial charge >= 0.3 is 0 Å². The number of nitrogens with zero attached hydrogens (tertiary/aromatic N) is 2. The molecular formula is C13H17BrN4. The number of benzene rings is 1. The van der Waals surface area contributed by atoms with E-state index in [-0.39, 0.29) is 6.04 Å². The van der Waals surface area contributed by atoms with Crippen LogP contribution in [0.3, 0.4) is 0 Å². The van der Waals surface area contributed by atoms with Crippen LogP contribution < -0.4 is 11.1 Å². The van der Waals surface area contributed by atoms with Crippen LogP contribution in [0.2, 0.25) is 0 Å². The van der Waals surface area contributed by atoms with E-state index in [1.165, 1.54) is 0 Å². The van der Waals surface area contributed by atoms with Gasteiger partial charge in [-0.15, -0.1) is 0 Å². The van der Waals surface area contributed by atoms with Crippen LogP contribution in [0.15, 0.2) is 41.1 Å². The van der Waals surface area contributed by atoms with E-state index in [0.29, 0.717) is 6.54 Å². The van der Waals surface area contributed by atoms with Gasteiger partial charge in [0.15, 0.2) is 0 Å². The monoisotopic (exact) mass is 308 g/mol. The number of nitrogens with two attached hydrogens (primary N) is 1. The fraction of sp³-hybridized carbons (Fsp3) is 0.308. The SMILES string of the molecule is CCn1cc(C(CN)Nc2ccc(Br)cc2)cn1. The lowest BCUT2D eigenvalue weighted by Gasteiger charge is -2.16. The molecule has 0 bridgehead atoms. The molecule has 0 spiro atoms. The average Bonchev–Trinajstić information content (AvgIpc) is 2.87. The molecule has 0 aliphatic rings. The van der Waals surface area contributed by atoms with Gasteiger partial charge in [0.2, 0.25) is 0 Å². The molecule has 0 saturated heterocycles. The zero-order chi connectivity index (χ0) is 13.0. The van der Waals surface area contributed by atoms with Crippen LogP contribution in [0.1, 0.15) is 18.5 Å². The van der Waals surface area contributed by atoms with Gasteiger partial charge in [0.25, 0.3) is 0 Å². The standard InChI is InChI=1S/C13H17BrN4/c1-2-18-9-10(8-16-18)13(7-15)17-12-5-3-11(14)4-6-12/h3-6,8-9,13,17H,2,7,15H2,1H3. The fourth-order valence-corrected chi connectivity index (χ4v) is 2.02. The Morgan fingerprint density at radius 2 is 2.11 bits per heavy atom. The van der Waals surface area contributed by atoms with E-state index in [0.717, 1.165) is 22.3 Å². The van der Waals surface area contributed by atoms with Gasteiger partial charge in [-0.2, -0.15) is 5.10 Å². The molecule has 96 valence electrons. The number of anilines is 1. The quantitative estimate of drug-likeness (QED) is 0.893. The van der Waals surface area contributed by atoms with E-state index in [4.69, 9.17) is 5.73 Å². The smallest absolute Gasteiger partial charge is 0.0667 e. The third-order valence-electron chi connectivity index (χ3n) is 2.80. The summed E-state index contributed by atoms with van der Waals surface area (Å²) in [4.78, 5) is 0. The third kappa shape index (κ3) is 3.11. The Hall–Kier alpha value is -1.33. The molecule has 0 saturated carbocycles. The molecule has 1 atom stereocenters. The Morgan fingerprint density at radius 1 is 1.39 bits per heavy atom. The fourth-order valence-electron chi connectivity index (χ4n) is 1.76. The minimum Gasteiger partial charge on any atom is -0.377 e. The molecule has 0 aliphatic heterocycles. The van der Waals surface area contributed by atoms with Gasteiger partial charge in [-0.1, -0.05) is 15.9 Å². The van der Waals surface area contributed by atoms with Crippen molar-refractivity contribution in [3.05, 3.63) is 46.7 Å². The molecule has 1 unspecified atom stereocenters. The second-order valence-corrected chi connectivity index (χ2v) is 4.98. The highest BCUT2D eigenvalue weighted by Gasteiger charge is 2.11. The maximum Gasteiger partial charge on any atom is 0.0667 e. The number of nitrogens with one attached hydrogen (secondary N) is 1. The minimum atomic E-state index is 0.0893. The predicted molar refractivity (Wildman–Crippen MR) is 77.5 cm³/mol. The summed E-state index contributed by atoms with van der Waals surface area (Å²) in [5.74, 6) is 0. The van der Waals surface area contributed by atoms with Gasteiger partial charge in [0.1, 0.15) is 0 Å². The first-order valence-corrected chi connectivity index (χ1v) is 6.76. The maximum absolute atomic E-state index is 5.82. The van der Waals surface area contributed by atoms with Crippen molar-refractivity contribution in [3.63, 3.8) is 0 Å². The highest BCUT2D eigenvalue weighted by Crippen LogP contribution is 2.20. The zero-order valence-electron chi connectivity index (χ0n) is 10.3. The van der Waals surface area contributed by atoms with Crippen LogP contribution >= 0.6 is 15.9 Å². The lowest BCUT2D eigenvalue weighted by Crippen LogP contribution is -2.20. The van der Waals surface area contributed by atoms with Gasteiger partial charge in [-0.25, -0.2) is 0 Å². The topological polar surface area (TPSA) is 55.9 Å². The molecule has 1 aromatic heterocycles. The summed E-state index contributed by atoms with van der Waals surface area (Å²) in [5, 5.41) is 7.68. The summed E-state index contributed by atoms with van der Waals surface area (Å²) in [6.07, 6.45) is 3.90. The summed E-state index contributed by atoms with van der Waals surface area (Å²) in [6, 6.07) is 8.15. The molecule has 0 aliphatic carbocycles. The van der Waals surface area contributed by atoms with E-state index in [1.54, 1.807) is 0 Å². The second kappa shape index (κ2) is 6.02. The van der Waals surface area contributed by atoms with E-state index in [1.807, 2.05) is 41.3 Å². The van der Waals surface area contributed by atoms with Crippen molar-refractivity contribution in [1.82, 2.24) is 9.78 Å². The van der Waals surface area contributed by atoms with Crippen LogP contribution in [-0.2, 0) is 6.54 Å². The number of aromatic nitrogens is 2. The summed E-state index contributed by atoms with van der Waals surface area (Å²) >= 11 is 3.42. The number of hydrogen-bond acceptors (Lipinski definition) is 3. The first-order valence-electron chi connectivity index (χ1n) is 5.97. The first-order chi connectivity index (χ1) is 8.72. The molecule has 5 heteroatoms. The van der Waals surface area contributed by atoms with Gasteiger partial charge in [0, 0.05) is 35.0 Å². The van der Waals surface area contributed by atoms with E-state index < -0.39 is 0 Å². The summed E-state index contributed by atoms with van der Waals surface area (Å²) < 4.78 is 2.97. The van der Waals surface area contributed by atoms with Crippen LogP contribution in [0.5, 0.6) is 0 Å². The Labute approximate surface area is 115 Å². The van der Waals surface area contributed by atoms with Gasteiger partial charge in [-0.3, -0.25) is 4.68 Å². The molecule has 3 N–H and O–H groups in total. The van der Waals surface area contributed by atoms with Crippen LogP contribution in [0, 0.1) is 0 Å². The highest BCUT2D eigenvalue weighted by molar-refractivity contribution is 9.10. The van der Waals surface area contributed by atoms with Crippen LogP contribution in [-0.4, -0.2) is 16.3 Å². The van der Waals surface area contributed by atoms with Crippen molar-refractivity contribution in [2.24, 2.45) is 5.73 Å². The van der Waals surface area contributed by atoms with Crippen LogP contribution in [0.25, 0.3) is 0 Å². The van der Waals surface area contributed by atoms with E-state index in [9.17, 15) is 0 Å². The van der Waals surface area contributed by atoms with Gasteiger partial charge < -0.3 is 11.1 Å². The molecule has 0 radical (unpaired) electrons. The Morgan fingerprint density at radius 3 is 2.67 bits per heavy atom. The lowest BCUT2D eigenvalue weighted by atomic mass is 10.1. The Bertz CT molecular complexity index is 492. The summed E-state index contributed by atoms with van der Waals surface area (Å²) in [7, 11) is 0. The first kappa shape index (κ1) is 13.1. The molecule has 0 amide bonds. The van der Waals surface area contributed by atoms with Crippen molar-refractivity contribution >= 4 is 21.6 Å². The molecule has 0 fully saturated rings. The van der Waals surface area contributed by atoms with Gasteiger partial charge in [0.05, 0.1) is 12.2 Å². The Balaban J connectivity index is 2.11. The molecular weight excluding hydrogens is 292 g/mol. The molecule has 2 rings (SSSR count). The number of rotatable bonds is 5. The maximum atomic E-state index is 5.82. The zero-order valence-corrected chi connectivity index (χ0v) is 11.9. The average molecular weight is 309 g/mol. The highest BCUT2D eigenvalue weighted by atomic mass is 79.9. The minimum absolute atomic E-state index is 0.0893. The molecule has 1 aromatic carbocycles. The van der Waals surface area contributed by atoms with Crippen LogP contribution in [0.4, 0.5) is 5.69 Å². The van der Waals surface area contributed by atoms with Crippen molar-refractivity contribution in [1.29, 1.82) is 0 Å². The summed E-state index contributed by atoms with van der Waals surface area (Å²) in [6.45, 7) is 3.47. The normalized spacial score (nSPS) is 12.4. The van der Waals surface area contributed by atoms with Crippen molar-refractivity contribution in [2.45, 2.75) is 19.5 Å². The molecule has 2 aromatic rings. The molecule has 4 nitrogen and oxygen atoms in total. The third-order valence-corrected chi connectivity index (χ3v) is 3.33. The number of halogens is 1. The predicted octanol–water partition coefficient (Wildman–Crippen LogP) is 2.78. The largest absolute Gasteiger partial charge is 0.377 e. The van der Waals surface area contributed by atoms with E-state index >= 15 is 0 Å². The van der Waals surface area contributed by atoms with Gasteiger partial charge in [-0.05, 0) is 31.2 Å². The molecule has 1 heterocycles. The summed E-state index contributed by atoms with van der Waals surface area (Å²) in [5.41, 5.74) is 7.99. The lowest BCUT2D eigenvalue weighted by molar-refractivity contribution is 0.658. The second-order valence-electron chi connectivity index (χ2n) is 4.07. The molecule has 18 heavy (non-hydrogen) atoms.